The minimum atomic E-state index is -4.10. The summed E-state index contributed by atoms with van der Waals surface area (Å²) in [6, 6.07) is 11.5. The molecule has 0 heterocycles. The molecule has 0 aliphatic carbocycles. The first-order valence-electron chi connectivity index (χ1n) is 9.20. The third kappa shape index (κ3) is 6.18. The molecule has 0 saturated heterocycles. The van der Waals surface area contributed by atoms with Crippen molar-refractivity contribution in [1.29, 1.82) is 0 Å². The molecule has 0 atom stereocenters. The second-order valence-electron chi connectivity index (χ2n) is 7.50. The summed E-state index contributed by atoms with van der Waals surface area (Å²) in [5.41, 5.74) is -0.889. The molecule has 0 spiro atoms. The molecule has 0 bridgehead atoms. The Morgan fingerprint density at radius 1 is 0.871 bits per heavy atom. The molecule has 0 saturated carbocycles. The van der Waals surface area contributed by atoms with Crippen LogP contribution < -0.4 is 14.2 Å². The van der Waals surface area contributed by atoms with Gasteiger partial charge < -0.3 is 9.47 Å². The topological polar surface area (TPSA) is 119 Å². The van der Waals surface area contributed by atoms with Gasteiger partial charge in [-0.15, -0.1) is 0 Å². The van der Waals surface area contributed by atoms with Gasteiger partial charge in [-0.3, -0.25) is 4.79 Å². The van der Waals surface area contributed by atoms with Gasteiger partial charge in [-0.05, 0) is 53.9 Å². The highest BCUT2D eigenvalue weighted by atomic mass is 32.2. The minimum absolute atomic E-state index is 0.0437. The third-order valence-electron chi connectivity index (χ3n) is 4.48. The van der Waals surface area contributed by atoms with Gasteiger partial charge in [0.25, 0.3) is 10.0 Å². The van der Waals surface area contributed by atoms with E-state index in [1.165, 1.54) is 62.8 Å². The highest BCUT2D eigenvalue weighted by Gasteiger charge is 2.31. The van der Waals surface area contributed by atoms with Gasteiger partial charge in [-0.1, -0.05) is 13.8 Å². The summed E-state index contributed by atoms with van der Waals surface area (Å²) in [5, 5.41) is 0. The van der Waals surface area contributed by atoms with Gasteiger partial charge in [0.05, 0.1) is 24.0 Å². The molecule has 0 unspecified atom stereocenters. The number of ether oxygens (including phenoxy) is 2. The van der Waals surface area contributed by atoms with Gasteiger partial charge in [-0.25, -0.2) is 25.9 Å². The monoisotopic (exact) mass is 470 g/mol. The first kappa shape index (κ1) is 24.6. The summed E-state index contributed by atoms with van der Waals surface area (Å²) in [7, 11) is -5.01. The maximum Gasteiger partial charge on any atom is 0.266 e. The molecule has 2 aromatic rings. The van der Waals surface area contributed by atoms with E-state index in [9.17, 15) is 21.6 Å². The highest BCUT2D eigenvalue weighted by Crippen LogP contribution is 2.24. The van der Waals surface area contributed by atoms with Gasteiger partial charge >= 0.3 is 0 Å². The van der Waals surface area contributed by atoms with Crippen molar-refractivity contribution in [1.82, 2.24) is 9.03 Å². The number of sulfonamides is 2. The second-order valence-corrected chi connectivity index (χ2v) is 11.2. The number of methoxy groups -OCH3 is 2. The number of carbonyl (C=O) groups is 1. The Labute approximate surface area is 183 Å². The number of hydrogen-bond acceptors (Lipinski definition) is 7. The maximum atomic E-state index is 12.8. The Morgan fingerprint density at radius 2 is 1.32 bits per heavy atom. The molecular weight excluding hydrogens is 444 g/mol. The number of rotatable bonds is 11. The van der Waals surface area contributed by atoms with Crippen LogP contribution in [0.25, 0.3) is 0 Å². The van der Waals surface area contributed by atoms with Crippen LogP contribution in [0.1, 0.15) is 13.8 Å². The molecular formula is C20H26N2O7S2. The lowest BCUT2D eigenvalue weighted by atomic mass is 9.94. The van der Waals surface area contributed by atoms with Crippen LogP contribution in [0.4, 0.5) is 0 Å². The molecule has 1 N–H and O–H groups in total. The molecule has 2 aromatic carbocycles. The SMILES string of the molecule is COc1ccc(S(=O)(=O)NCC(C)(C)CN(C=O)S(=O)(=O)c2ccc(OC)cc2)cc1. The molecule has 1 amide bonds. The van der Waals surface area contributed by atoms with Gasteiger partial charge in [0, 0.05) is 13.1 Å². The van der Waals surface area contributed by atoms with Crippen molar-refractivity contribution in [3.05, 3.63) is 48.5 Å². The molecule has 2 rings (SSSR count). The maximum absolute atomic E-state index is 12.8. The number of carbonyl (C=O) groups excluding carboxylic acids is 1. The average molecular weight is 471 g/mol. The van der Waals surface area contributed by atoms with Gasteiger partial charge in [0.2, 0.25) is 16.4 Å². The van der Waals surface area contributed by atoms with Crippen LogP contribution in [0, 0.1) is 5.41 Å². The minimum Gasteiger partial charge on any atom is -0.497 e. The van der Waals surface area contributed by atoms with Crippen molar-refractivity contribution in [2.45, 2.75) is 23.6 Å². The molecule has 11 heteroatoms. The Hall–Kier alpha value is -2.63. The number of nitrogens with zero attached hydrogens (tertiary/aromatic N) is 1. The van der Waals surface area contributed by atoms with Crippen molar-refractivity contribution < 1.29 is 31.1 Å². The van der Waals surface area contributed by atoms with Crippen molar-refractivity contribution >= 4 is 26.5 Å². The Bertz CT molecular complexity index is 1100. The Morgan fingerprint density at radius 3 is 1.74 bits per heavy atom. The lowest BCUT2D eigenvalue weighted by Gasteiger charge is -2.30. The molecule has 0 aromatic heterocycles. The van der Waals surface area contributed by atoms with Gasteiger partial charge in [0.15, 0.2) is 0 Å². The lowest BCUT2D eigenvalue weighted by Crippen LogP contribution is -2.43. The summed E-state index contributed by atoms with van der Waals surface area (Å²) in [6.07, 6.45) is 0.222. The first-order chi connectivity index (χ1) is 14.4. The quantitative estimate of drug-likeness (QED) is 0.498. The van der Waals surface area contributed by atoms with Crippen molar-refractivity contribution in [3.63, 3.8) is 0 Å². The molecule has 9 nitrogen and oxygen atoms in total. The van der Waals surface area contributed by atoms with E-state index in [4.69, 9.17) is 9.47 Å². The summed E-state index contributed by atoms with van der Waals surface area (Å²) >= 11 is 0. The van der Waals surface area contributed by atoms with Crippen LogP contribution in [-0.4, -0.2) is 54.9 Å². The zero-order valence-electron chi connectivity index (χ0n) is 17.7. The highest BCUT2D eigenvalue weighted by molar-refractivity contribution is 7.89. The molecule has 0 radical (unpaired) electrons. The van der Waals surface area contributed by atoms with Crippen LogP contribution in [0.3, 0.4) is 0 Å². The molecule has 0 aliphatic heterocycles. The van der Waals surface area contributed by atoms with E-state index in [1.54, 1.807) is 13.8 Å². The lowest BCUT2D eigenvalue weighted by molar-refractivity contribution is -0.114. The van der Waals surface area contributed by atoms with E-state index < -0.39 is 25.5 Å². The van der Waals surface area contributed by atoms with Crippen LogP contribution >= 0.6 is 0 Å². The van der Waals surface area contributed by atoms with Crippen LogP contribution in [-0.2, 0) is 24.8 Å². The summed E-state index contributed by atoms with van der Waals surface area (Å²) < 4.78 is 63.9. The molecule has 170 valence electrons. The van der Waals surface area contributed by atoms with E-state index in [1.807, 2.05) is 0 Å². The van der Waals surface area contributed by atoms with E-state index in [0.717, 1.165) is 0 Å². The van der Waals surface area contributed by atoms with E-state index >= 15 is 0 Å². The zero-order valence-corrected chi connectivity index (χ0v) is 19.4. The van der Waals surface area contributed by atoms with Crippen LogP contribution in [0.15, 0.2) is 58.3 Å². The smallest absolute Gasteiger partial charge is 0.266 e. The van der Waals surface area contributed by atoms with E-state index in [2.05, 4.69) is 4.72 Å². The second kappa shape index (κ2) is 9.67. The Balaban J connectivity index is 2.13. The predicted molar refractivity (Wildman–Crippen MR) is 115 cm³/mol. The van der Waals surface area contributed by atoms with E-state index in [0.29, 0.717) is 15.8 Å². The fraction of sp³-hybridized carbons (Fsp3) is 0.350. The predicted octanol–water partition coefficient (Wildman–Crippen LogP) is 1.86. The number of nitrogens with one attached hydrogen (secondary N) is 1. The molecule has 0 fully saturated rings. The first-order valence-corrected chi connectivity index (χ1v) is 12.1. The normalized spacial score (nSPS) is 12.3. The van der Waals surface area contributed by atoms with E-state index in [-0.39, 0.29) is 29.3 Å². The summed E-state index contributed by atoms with van der Waals surface area (Å²) in [5.74, 6) is 0.995. The van der Waals surface area contributed by atoms with Crippen molar-refractivity contribution in [2.75, 3.05) is 27.3 Å². The van der Waals surface area contributed by atoms with Crippen LogP contribution in [0.2, 0.25) is 0 Å². The molecule has 31 heavy (non-hydrogen) atoms. The van der Waals surface area contributed by atoms with Crippen molar-refractivity contribution in [2.24, 2.45) is 5.41 Å². The summed E-state index contributed by atoms with van der Waals surface area (Å²) in [4.78, 5) is 11.6. The largest absolute Gasteiger partial charge is 0.497 e. The standard InChI is InChI=1S/C20H26N2O7S2/c1-20(2,13-21-30(24,25)18-9-5-16(28-3)6-10-18)14-22(15-23)31(26,27)19-11-7-17(29-4)8-12-19/h5-12,15,21H,13-14H2,1-4H3. The number of hydrogen-bond donors (Lipinski definition) is 1. The van der Waals surface area contributed by atoms with Gasteiger partial charge in [-0.2, -0.15) is 0 Å². The van der Waals surface area contributed by atoms with Gasteiger partial charge in [0.1, 0.15) is 11.5 Å². The third-order valence-corrected chi connectivity index (χ3v) is 7.60. The average Bonchev–Trinajstić information content (AvgIpc) is 2.76. The Kier molecular flexibility index (Phi) is 7.68. The number of benzene rings is 2. The zero-order chi connectivity index (χ0) is 23.3. The summed E-state index contributed by atoms with van der Waals surface area (Å²) in [6.45, 7) is 2.99. The van der Waals surface area contributed by atoms with Crippen molar-refractivity contribution in [3.8, 4) is 11.5 Å². The fourth-order valence-electron chi connectivity index (χ4n) is 2.67. The number of amides is 1. The van der Waals surface area contributed by atoms with Crippen LogP contribution in [0.5, 0.6) is 11.5 Å². The fourth-order valence-corrected chi connectivity index (χ4v) is 5.29. The molecule has 0 aliphatic rings.